The molecule has 2 aromatic rings. The average molecular weight is 418 g/mol. The normalized spacial score (nSPS) is 22.7. The first-order valence-corrected chi connectivity index (χ1v) is 10.9. The fourth-order valence-electron chi connectivity index (χ4n) is 5.23. The monoisotopic (exact) mass is 417 g/mol. The lowest BCUT2D eigenvalue weighted by molar-refractivity contribution is -0.133. The molecule has 3 aliphatic rings. The van der Waals surface area contributed by atoms with Gasteiger partial charge in [-0.05, 0) is 54.7 Å². The highest BCUT2D eigenvalue weighted by Crippen LogP contribution is 2.34. The van der Waals surface area contributed by atoms with Crippen molar-refractivity contribution in [1.82, 2.24) is 14.8 Å². The minimum atomic E-state index is 0.218. The van der Waals surface area contributed by atoms with Crippen LogP contribution in [0.5, 0.6) is 5.75 Å². The van der Waals surface area contributed by atoms with Gasteiger partial charge >= 0.3 is 0 Å². The van der Waals surface area contributed by atoms with Crippen LogP contribution in [0.1, 0.15) is 29.5 Å². The Labute approximate surface area is 182 Å². The van der Waals surface area contributed by atoms with Gasteiger partial charge in [-0.25, -0.2) is 4.98 Å². The summed E-state index contributed by atoms with van der Waals surface area (Å²) in [5, 5.41) is 9.01. The molecule has 4 heterocycles. The Balaban J connectivity index is 1.22. The fourth-order valence-corrected chi connectivity index (χ4v) is 5.23. The molecule has 2 saturated heterocycles. The number of rotatable bonds is 4. The summed E-state index contributed by atoms with van der Waals surface area (Å²) in [6.07, 6.45) is 4.76. The topological polar surface area (TPSA) is 72.7 Å². The second kappa shape index (κ2) is 8.20. The van der Waals surface area contributed by atoms with Gasteiger partial charge in [-0.1, -0.05) is 6.07 Å². The van der Waals surface area contributed by atoms with Crippen LogP contribution in [0, 0.1) is 11.3 Å². The van der Waals surface area contributed by atoms with Crippen LogP contribution in [0.4, 0.5) is 5.82 Å². The van der Waals surface area contributed by atoms with E-state index in [1.807, 2.05) is 23.1 Å². The van der Waals surface area contributed by atoms with Crippen LogP contribution >= 0.6 is 0 Å². The number of anilines is 1. The molecule has 160 valence electrons. The average Bonchev–Trinajstić information content (AvgIpc) is 3.07. The molecule has 2 unspecified atom stereocenters. The maximum atomic E-state index is 13.1. The minimum Gasteiger partial charge on any atom is -0.497 e. The zero-order chi connectivity index (χ0) is 21.4. The van der Waals surface area contributed by atoms with E-state index in [9.17, 15) is 4.79 Å². The lowest BCUT2D eigenvalue weighted by Crippen LogP contribution is -2.57. The van der Waals surface area contributed by atoms with Gasteiger partial charge in [0.25, 0.3) is 0 Å². The number of hydrogen-bond acceptors (Lipinski definition) is 6. The molecule has 7 heteroatoms. The van der Waals surface area contributed by atoms with E-state index in [1.54, 1.807) is 13.3 Å². The van der Waals surface area contributed by atoms with Crippen LogP contribution in [-0.4, -0.2) is 66.1 Å². The molecule has 0 N–H and O–H groups in total. The number of benzene rings is 1. The van der Waals surface area contributed by atoms with Gasteiger partial charge in [-0.2, -0.15) is 5.26 Å². The van der Waals surface area contributed by atoms with Gasteiger partial charge in [0.05, 0.1) is 19.2 Å². The molecule has 1 aromatic heterocycles. The number of methoxy groups -OCH3 is 1. The van der Waals surface area contributed by atoms with E-state index >= 15 is 0 Å². The van der Waals surface area contributed by atoms with Gasteiger partial charge in [0.15, 0.2) is 0 Å². The largest absolute Gasteiger partial charge is 0.497 e. The number of likely N-dealkylation sites (tertiary alicyclic amines) is 1. The van der Waals surface area contributed by atoms with Crippen LogP contribution in [0.15, 0.2) is 36.5 Å². The highest BCUT2D eigenvalue weighted by atomic mass is 16.5. The number of carbonyl (C=O) groups is 1. The number of fused-ring (bicyclic) bond motifs is 3. The summed E-state index contributed by atoms with van der Waals surface area (Å²) >= 11 is 0. The fraction of sp³-hybridized carbons (Fsp3) is 0.458. The number of nitriles is 1. The summed E-state index contributed by atoms with van der Waals surface area (Å²) < 4.78 is 5.36. The van der Waals surface area contributed by atoms with Gasteiger partial charge in [0.2, 0.25) is 5.91 Å². The number of aromatic nitrogens is 1. The zero-order valence-electron chi connectivity index (χ0n) is 17.8. The first-order valence-electron chi connectivity index (χ1n) is 10.9. The van der Waals surface area contributed by atoms with E-state index in [1.165, 1.54) is 11.1 Å². The molecule has 31 heavy (non-hydrogen) atoms. The van der Waals surface area contributed by atoms with Crippen LogP contribution in [-0.2, 0) is 17.8 Å². The van der Waals surface area contributed by atoms with Crippen molar-refractivity contribution in [2.45, 2.75) is 37.9 Å². The highest BCUT2D eigenvalue weighted by molar-refractivity contribution is 5.79. The number of nitrogens with zero attached hydrogens (tertiary/aromatic N) is 5. The molecule has 1 amide bonds. The Morgan fingerprint density at radius 2 is 2.00 bits per heavy atom. The van der Waals surface area contributed by atoms with Gasteiger partial charge in [0.1, 0.15) is 17.6 Å². The summed E-state index contributed by atoms with van der Waals surface area (Å²) in [6, 6.07) is 12.7. The second-order valence-corrected chi connectivity index (χ2v) is 8.70. The summed E-state index contributed by atoms with van der Waals surface area (Å²) in [6.45, 7) is 3.66. The van der Waals surface area contributed by atoms with Crippen molar-refractivity contribution in [2.75, 3.05) is 38.2 Å². The Kier molecular flexibility index (Phi) is 5.24. The highest BCUT2D eigenvalue weighted by Gasteiger charge is 2.42. The molecule has 5 rings (SSSR count). The van der Waals surface area contributed by atoms with E-state index in [0.717, 1.165) is 57.0 Å². The summed E-state index contributed by atoms with van der Waals surface area (Å²) in [5.74, 6) is 2.01. The molecule has 0 radical (unpaired) electrons. The Morgan fingerprint density at radius 1 is 1.19 bits per heavy atom. The van der Waals surface area contributed by atoms with Gasteiger partial charge < -0.3 is 14.5 Å². The van der Waals surface area contributed by atoms with Crippen molar-refractivity contribution in [1.29, 1.82) is 5.26 Å². The van der Waals surface area contributed by atoms with Crippen LogP contribution in [0.25, 0.3) is 0 Å². The SMILES string of the molecule is COc1ccc2c(c1)CN(CC(=O)N1CC3CCC(C1)N3c1ccc(C#N)cn1)CC2. The zero-order valence-corrected chi connectivity index (χ0v) is 17.8. The van der Waals surface area contributed by atoms with Crippen molar-refractivity contribution in [3.63, 3.8) is 0 Å². The number of carbonyl (C=O) groups excluding carboxylic acids is 1. The minimum absolute atomic E-state index is 0.218. The number of piperazine rings is 1. The Bertz CT molecular complexity index is 1000. The van der Waals surface area contributed by atoms with E-state index in [-0.39, 0.29) is 5.91 Å². The summed E-state index contributed by atoms with van der Waals surface area (Å²) in [4.78, 5) is 24.3. The number of ether oxygens (including phenoxy) is 1. The quantitative estimate of drug-likeness (QED) is 0.760. The first kappa shape index (κ1) is 19.8. The number of pyridine rings is 1. The third kappa shape index (κ3) is 3.84. The third-order valence-electron chi connectivity index (χ3n) is 6.84. The molecule has 0 aliphatic carbocycles. The van der Waals surface area contributed by atoms with Gasteiger partial charge in [-0.15, -0.1) is 0 Å². The molecule has 7 nitrogen and oxygen atoms in total. The first-order chi connectivity index (χ1) is 15.1. The van der Waals surface area contributed by atoms with Crippen molar-refractivity contribution < 1.29 is 9.53 Å². The summed E-state index contributed by atoms with van der Waals surface area (Å²) in [5.41, 5.74) is 3.19. The Hall–Kier alpha value is -3.11. The second-order valence-electron chi connectivity index (χ2n) is 8.70. The van der Waals surface area contributed by atoms with E-state index < -0.39 is 0 Å². The molecule has 2 bridgehead atoms. The molecule has 3 aliphatic heterocycles. The van der Waals surface area contributed by atoms with E-state index in [2.05, 4.69) is 33.0 Å². The van der Waals surface area contributed by atoms with Crippen LogP contribution in [0.3, 0.4) is 0 Å². The molecule has 2 atom stereocenters. The standard InChI is InChI=1S/C24H27N5O2/c1-31-22-6-3-18-8-9-27(13-19(18)10-22)16-24(30)28-14-20-4-5-21(15-28)29(20)23-7-2-17(11-25)12-26-23/h2-3,6-7,10,12,20-21H,4-5,8-9,13-16H2,1H3. The predicted molar refractivity (Wildman–Crippen MR) is 117 cm³/mol. The van der Waals surface area contributed by atoms with Crippen molar-refractivity contribution in [3.8, 4) is 11.8 Å². The third-order valence-corrected chi connectivity index (χ3v) is 6.84. The molecule has 2 fully saturated rings. The van der Waals surface area contributed by atoms with Gasteiger partial charge in [0, 0.05) is 44.5 Å². The lowest BCUT2D eigenvalue weighted by atomic mass is 9.99. The molecule has 0 spiro atoms. The van der Waals surface area contributed by atoms with Crippen molar-refractivity contribution in [3.05, 3.63) is 53.2 Å². The maximum Gasteiger partial charge on any atom is 0.236 e. The number of hydrogen-bond donors (Lipinski definition) is 0. The molecule has 0 saturated carbocycles. The van der Waals surface area contributed by atoms with E-state index in [0.29, 0.717) is 24.2 Å². The van der Waals surface area contributed by atoms with Gasteiger partial charge in [-0.3, -0.25) is 9.69 Å². The Morgan fingerprint density at radius 3 is 2.68 bits per heavy atom. The predicted octanol–water partition coefficient (Wildman–Crippen LogP) is 2.20. The van der Waals surface area contributed by atoms with Crippen molar-refractivity contribution >= 4 is 11.7 Å². The molecular weight excluding hydrogens is 390 g/mol. The molecular formula is C24H27N5O2. The van der Waals surface area contributed by atoms with Crippen molar-refractivity contribution in [2.24, 2.45) is 0 Å². The molecule has 1 aromatic carbocycles. The number of amides is 1. The maximum absolute atomic E-state index is 13.1. The lowest BCUT2D eigenvalue weighted by Gasteiger charge is -2.42. The summed E-state index contributed by atoms with van der Waals surface area (Å²) in [7, 11) is 1.69. The van der Waals surface area contributed by atoms with E-state index in [4.69, 9.17) is 10.00 Å². The van der Waals surface area contributed by atoms with Crippen LogP contribution < -0.4 is 9.64 Å². The smallest absolute Gasteiger partial charge is 0.236 e. The van der Waals surface area contributed by atoms with Crippen LogP contribution in [0.2, 0.25) is 0 Å².